The topological polar surface area (TPSA) is 75.4 Å². The summed E-state index contributed by atoms with van der Waals surface area (Å²) in [4.78, 5) is 0. The molecule has 0 amide bonds. The first-order valence-electron chi connectivity index (χ1n) is 5.52. The highest BCUT2D eigenvalue weighted by atomic mass is 32.2. The normalized spacial score (nSPS) is 12.2. The van der Waals surface area contributed by atoms with Gasteiger partial charge in [0.1, 0.15) is 5.82 Å². The van der Waals surface area contributed by atoms with E-state index in [1.54, 1.807) is 19.9 Å². The van der Waals surface area contributed by atoms with Crippen LogP contribution in [0.1, 0.15) is 19.4 Å². The summed E-state index contributed by atoms with van der Waals surface area (Å²) in [6.07, 6.45) is 0. The van der Waals surface area contributed by atoms with E-state index in [0.717, 1.165) is 4.31 Å². The van der Waals surface area contributed by atoms with Gasteiger partial charge in [0.05, 0.1) is 5.69 Å². The molecule has 0 saturated heterocycles. The number of nitrogens with zero attached hydrogens (tertiary/aromatic N) is 1. The zero-order valence-electron chi connectivity index (χ0n) is 10.6. The second-order valence-electron chi connectivity index (χ2n) is 4.24. The minimum atomic E-state index is -3.74. The lowest BCUT2D eigenvalue weighted by atomic mass is 10.2. The number of hydrogen-bond acceptors (Lipinski definition) is 3. The van der Waals surface area contributed by atoms with Crippen molar-refractivity contribution >= 4 is 15.9 Å². The highest BCUT2D eigenvalue weighted by molar-refractivity contribution is 7.90. The van der Waals surface area contributed by atoms with Crippen molar-refractivity contribution in [1.29, 1.82) is 0 Å². The second-order valence-corrected chi connectivity index (χ2v) is 5.97. The molecule has 0 fully saturated rings. The van der Waals surface area contributed by atoms with Crippen molar-refractivity contribution in [2.75, 3.05) is 11.8 Å². The first kappa shape index (κ1) is 14.9. The molecule has 0 aliphatic carbocycles. The van der Waals surface area contributed by atoms with Crippen molar-refractivity contribution in [3.63, 3.8) is 0 Å². The fourth-order valence-electron chi connectivity index (χ4n) is 1.26. The van der Waals surface area contributed by atoms with Gasteiger partial charge in [0.2, 0.25) is 0 Å². The highest BCUT2D eigenvalue weighted by Gasteiger charge is 2.21. The van der Waals surface area contributed by atoms with Crippen LogP contribution in [0.3, 0.4) is 0 Å². The van der Waals surface area contributed by atoms with Crippen LogP contribution < -0.4 is 10.5 Å². The molecule has 5 nitrogen and oxygen atoms in total. The standard InChI is InChI=1S/C11H18FN3O2S/c1-8(2)15(3)18(16,17)14-11-5-4-9(7-13)6-10(11)12/h4-6,8,14H,7,13H2,1-3H3. The minimum Gasteiger partial charge on any atom is -0.326 e. The summed E-state index contributed by atoms with van der Waals surface area (Å²) >= 11 is 0. The summed E-state index contributed by atoms with van der Waals surface area (Å²) in [7, 11) is -2.31. The molecule has 0 aromatic heterocycles. The van der Waals surface area contributed by atoms with Crippen molar-refractivity contribution in [3.05, 3.63) is 29.6 Å². The van der Waals surface area contributed by atoms with Crippen molar-refractivity contribution in [2.24, 2.45) is 5.73 Å². The SMILES string of the molecule is CC(C)N(C)S(=O)(=O)Nc1ccc(CN)cc1F. The monoisotopic (exact) mass is 275 g/mol. The Bertz CT molecular complexity index is 517. The number of nitrogens with two attached hydrogens (primary N) is 1. The van der Waals surface area contributed by atoms with E-state index in [-0.39, 0.29) is 18.3 Å². The Morgan fingerprint density at radius 3 is 2.50 bits per heavy atom. The molecule has 0 atom stereocenters. The van der Waals surface area contributed by atoms with Gasteiger partial charge in [-0.05, 0) is 31.5 Å². The van der Waals surface area contributed by atoms with Gasteiger partial charge in [0.15, 0.2) is 0 Å². The maximum absolute atomic E-state index is 13.6. The van der Waals surface area contributed by atoms with E-state index < -0.39 is 16.0 Å². The van der Waals surface area contributed by atoms with E-state index in [1.807, 2.05) is 0 Å². The van der Waals surface area contributed by atoms with E-state index in [2.05, 4.69) is 4.72 Å². The lowest BCUT2D eigenvalue weighted by Gasteiger charge is -2.21. The first-order valence-corrected chi connectivity index (χ1v) is 6.96. The van der Waals surface area contributed by atoms with E-state index in [9.17, 15) is 12.8 Å². The predicted octanol–water partition coefficient (Wildman–Crippen LogP) is 1.28. The third-order valence-electron chi connectivity index (χ3n) is 2.61. The number of benzene rings is 1. The summed E-state index contributed by atoms with van der Waals surface area (Å²) in [6, 6.07) is 3.95. The molecule has 0 bridgehead atoms. The van der Waals surface area contributed by atoms with Crippen molar-refractivity contribution in [3.8, 4) is 0 Å². The summed E-state index contributed by atoms with van der Waals surface area (Å²) < 4.78 is 40.7. The lowest BCUT2D eigenvalue weighted by Crippen LogP contribution is -2.37. The Balaban J connectivity index is 2.98. The first-order chi connectivity index (χ1) is 8.27. The van der Waals surface area contributed by atoms with Crippen LogP contribution in [0.15, 0.2) is 18.2 Å². The Morgan fingerprint density at radius 1 is 1.44 bits per heavy atom. The third-order valence-corrected chi connectivity index (χ3v) is 4.27. The summed E-state index contributed by atoms with van der Waals surface area (Å²) in [5.41, 5.74) is 5.89. The second kappa shape index (κ2) is 5.64. The summed E-state index contributed by atoms with van der Waals surface area (Å²) in [5.74, 6) is -0.640. The average Bonchev–Trinajstić information content (AvgIpc) is 2.30. The maximum Gasteiger partial charge on any atom is 0.301 e. The van der Waals surface area contributed by atoms with Crippen LogP contribution in [0.4, 0.5) is 10.1 Å². The van der Waals surface area contributed by atoms with Crippen molar-refractivity contribution in [1.82, 2.24) is 4.31 Å². The van der Waals surface area contributed by atoms with Crippen LogP contribution in [0, 0.1) is 5.82 Å². The summed E-state index contributed by atoms with van der Waals surface area (Å²) in [5, 5.41) is 0. The van der Waals surface area contributed by atoms with E-state index in [0.29, 0.717) is 5.56 Å². The fraction of sp³-hybridized carbons (Fsp3) is 0.455. The quantitative estimate of drug-likeness (QED) is 0.850. The molecule has 7 heteroatoms. The molecule has 1 aromatic rings. The molecule has 0 saturated carbocycles. The van der Waals surface area contributed by atoms with Gasteiger partial charge < -0.3 is 5.73 Å². The molecule has 0 spiro atoms. The number of rotatable bonds is 5. The van der Waals surface area contributed by atoms with Gasteiger partial charge in [-0.3, -0.25) is 4.72 Å². The molecule has 0 unspecified atom stereocenters. The molecule has 102 valence electrons. The van der Waals surface area contributed by atoms with Gasteiger partial charge in [-0.15, -0.1) is 0 Å². The number of anilines is 1. The van der Waals surface area contributed by atoms with Gasteiger partial charge in [-0.2, -0.15) is 12.7 Å². The molecular weight excluding hydrogens is 257 g/mol. The number of halogens is 1. The molecule has 3 N–H and O–H groups in total. The van der Waals surface area contributed by atoms with Crippen LogP contribution in [-0.4, -0.2) is 25.8 Å². The molecule has 18 heavy (non-hydrogen) atoms. The molecule has 0 aliphatic rings. The Labute approximate surface area is 107 Å². The fourth-order valence-corrected chi connectivity index (χ4v) is 2.40. The zero-order chi connectivity index (χ0) is 13.9. The van der Waals surface area contributed by atoms with Crippen molar-refractivity contribution < 1.29 is 12.8 Å². The van der Waals surface area contributed by atoms with E-state index in [4.69, 9.17) is 5.73 Å². The number of hydrogen-bond donors (Lipinski definition) is 2. The van der Waals surface area contributed by atoms with Gasteiger partial charge in [0, 0.05) is 19.6 Å². The largest absolute Gasteiger partial charge is 0.326 e. The van der Waals surface area contributed by atoms with Crippen LogP contribution >= 0.6 is 0 Å². The molecular formula is C11H18FN3O2S. The molecule has 1 rings (SSSR count). The molecule has 0 radical (unpaired) electrons. The van der Waals surface area contributed by atoms with Gasteiger partial charge in [-0.25, -0.2) is 4.39 Å². The Hall–Kier alpha value is -1.18. The Kier molecular flexibility index (Phi) is 4.66. The predicted molar refractivity (Wildman–Crippen MR) is 69.7 cm³/mol. The highest BCUT2D eigenvalue weighted by Crippen LogP contribution is 2.18. The molecule has 0 aliphatic heterocycles. The summed E-state index contributed by atoms with van der Waals surface area (Å²) in [6.45, 7) is 3.66. The zero-order valence-corrected chi connectivity index (χ0v) is 11.5. The van der Waals surface area contributed by atoms with E-state index >= 15 is 0 Å². The molecule has 1 aromatic carbocycles. The van der Waals surface area contributed by atoms with Gasteiger partial charge in [-0.1, -0.05) is 6.07 Å². The van der Waals surface area contributed by atoms with Crippen LogP contribution in [-0.2, 0) is 16.8 Å². The van der Waals surface area contributed by atoms with E-state index in [1.165, 1.54) is 19.2 Å². The Morgan fingerprint density at radius 2 is 2.06 bits per heavy atom. The molecule has 0 heterocycles. The van der Waals surface area contributed by atoms with Crippen LogP contribution in [0.25, 0.3) is 0 Å². The van der Waals surface area contributed by atoms with Gasteiger partial charge in [0.25, 0.3) is 0 Å². The van der Waals surface area contributed by atoms with Gasteiger partial charge >= 0.3 is 10.2 Å². The minimum absolute atomic E-state index is 0.0836. The average molecular weight is 275 g/mol. The van der Waals surface area contributed by atoms with Crippen LogP contribution in [0.2, 0.25) is 0 Å². The van der Waals surface area contributed by atoms with Crippen molar-refractivity contribution in [2.45, 2.75) is 26.4 Å². The maximum atomic E-state index is 13.6. The smallest absolute Gasteiger partial charge is 0.301 e. The number of nitrogens with one attached hydrogen (secondary N) is 1. The third kappa shape index (κ3) is 3.41. The van der Waals surface area contributed by atoms with Crippen LogP contribution in [0.5, 0.6) is 0 Å². The lowest BCUT2D eigenvalue weighted by molar-refractivity contribution is 0.414.